The van der Waals surface area contributed by atoms with Gasteiger partial charge in [-0.05, 0) is 32.1 Å². The monoisotopic (exact) mass is 499 g/mol. The van der Waals surface area contributed by atoms with E-state index < -0.39 is 29.7 Å². The van der Waals surface area contributed by atoms with E-state index in [1.807, 2.05) is 0 Å². The molecule has 3 unspecified atom stereocenters. The SMILES string of the molecule is Fc1c(Cl)ncc2c(N3CC4CCC(C3)C4(F)F)nc(OCC3(CN4CCC(F)C4)CC3)nc12. The van der Waals surface area contributed by atoms with Crippen molar-refractivity contribution in [3.8, 4) is 6.01 Å². The fourth-order valence-corrected chi connectivity index (χ4v) is 5.92. The Bertz CT molecular complexity index is 1100. The molecule has 2 aliphatic carbocycles. The average molecular weight is 500 g/mol. The first-order chi connectivity index (χ1) is 16.2. The minimum absolute atomic E-state index is 0.00980. The van der Waals surface area contributed by atoms with Crippen LogP contribution in [0.1, 0.15) is 32.1 Å². The number of fused-ring (bicyclic) bond motifs is 3. The van der Waals surface area contributed by atoms with Crippen molar-refractivity contribution in [3.63, 3.8) is 0 Å². The van der Waals surface area contributed by atoms with Crippen LogP contribution < -0.4 is 9.64 Å². The molecule has 11 heteroatoms. The Hall–Kier alpha value is -1.94. The van der Waals surface area contributed by atoms with E-state index in [0.717, 1.165) is 25.9 Å². The molecule has 184 valence electrons. The molecule has 4 fully saturated rings. The van der Waals surface area contributed by atoms with Crippen molar-refractivity contribution < 1.29 is 22.3 Å². The summed E-state index contributed by atoms with van der Waals surface area (Å²) in [6.45, 7) is 2.50. The van der Waals surface area contributed by atoms with Crippen LogP contribution in [-0.2, 0) is 0 Å². The van der Waals surface area contributed by atoms with Gasteiger partial charge in [0.05, 0.1) is 12.0 Å². The van der Waals surface area contributed by atoms with Gasteiger partial charge in [0.15, 0.2) is 11.0 Å². The zero-order valence-corrected chi connectivity index (χ0v) is 19.4. The average Bonchev–Trinajstić information content (AvgIpc) is 3.44. The summed E-state index contributed by atoms with van der Waals surface area (Å²) in [5.41, 5.74) is -0.127. The lowest BCUT2D eigenvalue weighted by molar-refractivity contribution is -0.0830. The summed E-state index contributed by atoms with van der Waals surface area (Å²) in [6, 6.07) is -0.00980. The summed E-state index contributed by atoms with van der Waals surface area (Å²) < 4.78 is 63.4. The van der Waals surface area contributed by atoms with Crippen LogP contribution in [0.5, 0.6) is 6.01 Å². The second-order valence-corrected chi connectivity index (χ2v) is 10.8. The second-order valence-electron chi connectivity index (χ2n) is 10.4. The van der Waals surface area contributed by atoms with Crippen LogP contribution in [-0.4, -0.2) is 71.3 Å². The molecule has 34 heavy (non-hydrogen) atoms. The van der Waals surface area contributed by atoms with E-state index in [9.17, 15) is 17.6 Å². The van der Waals surface area contributed by atoms with Gasteiger partial charge in [-0.3, -0.25) is 4.90 Å². The quantitative estimate of drug-likeness (QED) is 0.431. The number of hydrogen-bond donors (Lipinski definition) is 0. The van der Waals surface area contributed by atoms with E-state index in [1.54, 1.807) is 4.90 Å². The zero-order valence-electron chi connectivity index (χ0n) is 18.6. The molecule has 0 N–H and O–H groups in total. The van der Waals surface area contributed by atoms with Crippen LogP contribution in [0.2, 0.25) is 5.15 Å². The highest BCUT2D eigenvalue weighted by molar-refractivity contribution is 6.30. The van der Waals surface area contributed by atoms with Crippen LogP contribution in [0.4, 0.5) is 23.4 Å². The lowest BCUT2D eigenvalue weighted by Crippen LogP contribution is -2.49. The number of rotatable bonds is 6. The molecule has 2 bridgehead atoms. The van der Waals surface area contributed by atoms with Crippen molar-refractivity contribution in [1.82, 2.24) is 19.9 Å². The van der Waals surface area contributed by atoms with Crippen molar-refractivity contribution in [2.75, 3.05) is 44.2 Å². The second kappa shape index (κ2) is 8.05. The predicted octanol–water partition coefficient (Wildman–Crippen LogP) is 4.50. The molecule has 3 atom stereocenters. The number of piperidine rings is 1. The summed E-state index contributed by atoms with van der Waals surface area (Å²) in [4.78, 5) is 16.6. The minimum atomic E-state index is -2.70. The lowest BCUT2D eigenvalue weighted by atomic mass is 9.93. The highest BCUT2D eigenvalue weighted by atomic mass is 35.5. The predicted molar refractivity (Wildman–Crippen MR) is 119 cm³/mol. The molecule has 2 aliphatic heterocycles. The van der Waals surface area contributed by atoms with Gasteiger partial charge in [-0.1, -0.05) is 11.6 Å². The molecule has 2 saturated carbocycles. The van der Waals surface area contributed by atoms with Crippen molar-refractivity contribution in [3.05, 3.63) is 17.2 Å². The Morgan fingerprint density at radius 2 is 1.82 bits per heavy atom. The summed E-state index contributed by atoms with van der Waals surface area (Å²) >= 11 is 5.90. The molecule has 4 heterocycles. The molecule has 0 radical (unpaired) electrons. The van der Waals surface area contributed by atoms with Gasteiger partial charge in [0.25, 0.3) is 5.92 Å². The number of nitrogens with zero attached hydrogens (tertiary/aromatic N) is 5. The first kappa shape index (κ1) is 22.5. The van der Waals surface area contributed by atoms with E-state index in [1.165, 1.54) is 6.20 Å². The van der Waals surface area contributed by atoms with Gasteiger partial charge in [0.2, 0.25) is 0 Å². The van der Waals surface area contributed by atoms with Crippen molar-refractivity contribution in [2.24, 2.45) is 17.3 Å². The van der Waals surface area contributed by atoms with Gasteiger partial charge in [0.1, 0.15) is 17.5 Å². The first-order valence-corrected chi connectivity index (χ1v) is 12.3. The van der Waals surface area contributed by atoms with Crippen molar-refractivity contribution in [2.45, 2.75) is 44.2 Å². The number of alkyl halides is 3. The number of ether oxygens (including phenoxy) is 1. The number of hydrogen-bond acceptors (Lipinski definition) is 6. The third kappa shape index (κ3) is 3.86. The third-order valence-electron chi connectivity index (χ3n) is 7.97. The smallest absolute Gasteiger partial charge is 0.319 e. The molecule has 6 nitrogen and oxygen atoms in total. The van der Waals surface area contributed by atoms with Crippen LogP contribution >= 0.6 is 11.6 Å². The number of likely N-dealkylation sites (tertiary alicyclic amines) is 1. The van der Waals surface area contributed by atoms with Crippen LogP contribution in [0.25, 0.3) is 10.9 Å². The Morgan fingerprint density at radius 1 is 1.09 bits per heavy atom. The standard InChI is InChI=1S/C23H26ClF4N5O/c24-19-17(26)18-16(7-29-19)20(33-8-13-1-2-14(9-33)23(13,27)28)31-21(30-18)34-12-22(4-5-22)11-32-6-3-15(25)10-32/h7,13-15H,1-6,8-12H2. The molecule has 0 amide bonds. The molecule has 0 spiro atoms. The van der Waals surface area contributed by atoms with Crippen molar-refractivity contribution >= 4 is 28.3 Å². The highest BCUT2D eigenvalue weighted by Gasteiger charge is 2.56. The van der Waals surface area contributed by atoms with E-state index in [-0.39, 0.29) is 35.2 Å². The van der Waals surface area contributed by atoms with Gasteiger partial charge < -0.3 is 9.64 Å². The Morgan fingerprint density at radius 3 is 2.47 bits per heavy atom. The summed E-state index contributed by atoms with van der Waals surface area (Å²) in [7, 11) is 0. The number of anilines is 1. The molecule has 2 aromatic rings. The van der Waals surface area contributed by atoms with E-state index >= 15 is 0 Å². The molecular weight excluding hydrogens is 474 g/mol. The maximum absolute atomic E-state index is 14.9. The lowest BCUT2D eigenvalue weighted by Gasteiger charge is -2.38. The van der Waals surface area contributed by atoms with Gasteiger partial charge in [0, 0.05) is 56.2 Å². The number of pyridine rings is 1. The summed E-state index contributed by atoms with van der Waals surface area (Å²) in [5, 5.41) is 0.00729. The van der Waals surface area contributed by atoms with E-state index in [4.69, 9.17) is 16.3 Å². The molecule has 2 saturated heterocycles. The Kier molecular flexibility index (Phi) is 5.33. The van der Waals surface area contributed by atoms with Crippen molar-refractivity contribution in [1.29, 1.82) is 0 Å². The molecule has 0 aromatic carbocycles. The fraction of sp³-hybridized carbons (Fsp3) is 0.696. The maximum atomic E-state index is 14.9. The Labute approximate surface area is 199 Å². The van der Waals surface area contributed by atoms with Gasteiger partial charge >= 0.3 is 6.01 Å². The van der Waals surface area contributed by atoms with Crippen LogP contribution in [0, 0.1) is 23.1 Å². The molecular formula is C23H26ClF4N5O. The van der Waals surface area contributed by atoms with Crippen LogP contribution in [0.3, 0.4) is 0 Å². The molecule has 4 aliphatic rings. The van der Waals surface area contributed by atoms with Gasteiger partial charge in [-0.15, -0.1) is 0 Å². The topological polar surface area (TPSA) is 54.4 Å². The third-order valence-corrected chi connectivity index (χ3v) is 8.24. The number of halogens is 5. The van der Waals surface area contributed by atoms with E-state index in [2.05, 4.69) is 19.9 Å². The van der Waals surface area contributed by atoms with Gasteiger partial charge in [-0.25, -0.2) is 22.5 Å². The molecule has 6 rings (SSSR count). The Balaban J connectivity index is 1.28. The van der Waals surface area contributed by atoms with Crippen LogP contribution in [0.15, 0.2) is 6.20 Å². The minimum Gasteiger partial charge on any atom is -0.463 e. The summed E-state index contributed by atoms with van der Waals surface area (Å²) in [5.74, 6) is -4.66. The largest absolute Gasteiger partial charge is 0.463 e. The number of aromatic nitrogens is 3. The van der Waals surface area contributed by atoms with Gasteiger partial charge in [-0.2, -0.15) is 9.97 Å². The van der Waals surface area contributed by atoms with E-state index in [0.29, 0.717) is 43.6 Å². The highest BCUT2D eigenvalue weighted by Crippen LogP contribution is 2.50. The summed E-state index contributed by atoms with van der Waals surface area (Å²) in [6.07, 6.45) is 3.98. The zero-order chi connectivity index (χ0) is 23.7. The molecule has 2 aromatic heterocycles. The normalized spacial score (nSPS) is 29.7. The fourth-order valence-electron chi connectivity index (χ4n) is 5.78. The maximum Gasteiger partial charge on any atom is 0.319 e. The first-order valence-electron chi connectivity index (χ1n) is 11.9.